The monoisotopic (exact) mass is 271 g/mol. The van der Waals surface area contributed by atoms with Crippen LogP contribution in [0.15, 0.2) is 42.5 Å². The molecule has 0 aromatic heterocycles. The number of nitrogens with zero attached hydrogens (tertiary/aromatic N) is 1. The molecule has 0 saturated carbocycles. The van der Waals surface area contributed by atoms with Gasteiger partial charge in [-0.15, -0.1) is 0 Å². The van der Waals surface area contributed by atoms with Crippen molar-refractivity contribution in [1.82, 2.24) is 4.90 Å². The fourth-order valence-corrected chi connectivity index (χ4v) is 3.22. The summed E-state index contributed by atoms with van der Waals surface area (Å²) in [6.07, 6.45) is 0. The second-order valence-corrected chi connectivity index (χ2v) is 5.88. The Morgan fingerprint density at radius 2 is 1.95 bits per heavy atom. The highest BCUT2D eigenvalue weighted by atomic mass is 35.5. The van der Waals surface area contributed by atoms with E-state index in [1.54, 1.807) is 0 Å². The van der Waals surface area contributed by atoms with Gasteiger partial charge in [-0.2, -0.15) is 0 Å². The van der Waals surface area contributed by atoms with E-state index < -0.39 is 0 Å². The van der Waals surface area contributed by atoms with Crippen molar-refractivity contribution in [1.29, 1.82) is 0 Å². The van der Waals surface area contributed by atoms with E-state index in [1.807, 2.05) is 12.1 Å². The average Bonchev–Trinajstić information content (AvgIpc) is 2.39. The van der Waals surface area contributed by atoms with E-state index in [0.29, 0.717) is 5.92 Å². The summed E-state index contributed by atoms with van der Waals surface area (Å²) < 4.78 is 0. The number of likely N-dealkylation sites (N-methyl/N-ethyl adjacent to an activating group) is 1. The Balaban J connectivity index is 2.11. The molecular formula is C17H18ClN. The summed E-state index contributed by atoms with van der Waals surface area (Å²) in [6, 6.07) is 14.9. The Morgan fingerprint density at radius 1 is 1.16 bits per heavy atom. The molecule has 1 heterocycles. The molecule has 1 atom stereocenters. The molecule has 1 unspecified atom stereocenters. The molecule has 0 radical (unpaired) electrons. The van der Waals surface area contributed by atoms with Gasteiger partial charge >= 0.3 is 0 Å². The number of rotatable bonds is 1. The van der Waals surface area contributed by atoms with Crippen LogP contribution in [0.2, 0.25) is 5.02 Å². The van der Waals surface area contributed by atoms with Crippen molar-refractivity contribution in [2.45, 2.75) is 19.4 Å². The van der Waals surface area contributed by atoms with Gasteiger partial charge in [0.15, 0.2) is 0 Å². The van der Waals surface area contributed by atoms with Gasteiger partial charge in [0.25, 0.3) is 0 Å². The smallest absolute Gasteiger partial charge is 0.0408 e. The first-order chi connectivity index (χ1) is 9.15. The normalized spacial score (nSPS) is 19.2. The molecule has 0 amide bonds. The first-order valence-corrected chi connectivity index (χ1v) is 7.05. The van der Waals surface area contributed by atoms with Crippen molar-refractivity contribution < 1.29 is 0 Å². The number of hydrogen-bond donors (Lipinski definition) is 0. The number of hydrogen-bond acceptors (Lipinski definition) is 1. The van der Waals surface area contributed by atoms with Crippen LogP contribution in [0, 0.1) is 6.92 Å². The minimum atomic E-state index is 0.423. The first-order valence-electron chi connectivity index (χ1n) is 6.67. The van der Waals surface area contributed by atoms with Gasteiger partial charge in [-0.25, -0.2) is 0 Å². The third kappa shape index (κ3) is 2.41. The summed E-state index contributed by atoms with van der Waals surface area (Å²) in [5, 5.41) is 0.819. The summed E-state index contributed by atoms with van der Waals surface area (Å²) >= 11 is 6.15. The average molecular weight is 272 g/mol. The van der Waals surface area contributed by atoms with Gasteiger partial charge in [0.1, 0.15) is 0 Å². The summed E-state index contributed by atoms with van der Waals surface area (Å²) in [5.41, 5.74) is 5.63. The molecule has 0 N–H and O–H groups in total. The van der Waals surface area contributed by atoms with Crippen molar-refractivity contribution in [2.24, 2.45) is 0 Å². The van der Waals surface area contributed by atoms with Crippen molar-refractivity contribution in [3.63, 3.8) is 0 Å². The van der Waals surface area contributed by atoms with Gasteiger partial charge in [0, 0.05) is 24.0 Å². The van der Waals surface area contributed by atoms with Crippen molar-refractivity contribution in [2.75, 3.05) is 13.6 Å². The lowest BCUT2D eigenvalue weighted by molar-refractivity contribution is 0.294. The van der Waals surface area contributed by atoms with Crippen LogP contribution in [0.5, 0.6) is 0 Å². The van der Waals surface area contributed by atoms with Gasteiger partial charge in [0.05, 0.1) is 0 Å². The lowest BCUT2D eigenvalue weighted by Crippen LogP contribution is -2.31. The Hall–Kier alpha value is -1.31. The SMILES string of the molecule is Cc1cccc2c1CN(C)CC2c1cccc(Cl)c1. The molecule has 0 aliphatic carbocycles. The lowest BCUT2D eigenvalue weighted by Gasteiger charge is -2.33. The summed E-state index contributed by atoms with van der Waals surface area (Å²) in [7, 11) is 2.19. The zero-order valence-corrected chi connectivity index (χ0v) is 12.1. The zero-order valence-electron chi connectivity index (χ0n) is 11.4. The minimum absolute atomic E-state index is 0.423. The van der Waals surface area contributed by atoms with Crippen LogP contribution in [0.1, 0.15) is 28.2 Å². The topological polar surface area (TPSA) is 3.24 Å². The maximum absolute atomic E-state index is 6.15. The number of benzene rings is 2. The summed E-state index contributed by atoms with van der Waals surface area (Å²) in [4.78, 5) is 2.39. The molecule has 2 heteroatoms. The second-order valence-electron chi connectivity index (χ2n) is 5.45. The van der Waals surface area contributed by atoms with Crippen LogP contribution in [0.3, 0.4) is 0 Å². The fourth-order valence-electron chi connectivity index (χ4n) is 3.02. The predicted molar refractivity (Wildman–Crippen MR) is 80.8 cm³/mol. The van der Waals surface area contributed by atoms with E-state index in [4.69, 9.17) is 11.6 Å². The van der Waals surface area contributed by atoms with Crippen LogP contribution in [0.25, 0.3) is 0 Å². The molecule has 1 aliphatic heterocycles. The molecule has 1 nitrogen and oxygen atoms in total. The number of halogens is 1. The van der Waals surface area contributed by atoms with Crippen LogP contribution in [0.4, 0.5) is 0 Å². The first kappa shape index (κ1) is 12.7. The predicted octanol–water partition coefficient (Wildman–Crippen LogP) is 4.23. The van der Waals surface area contributed by atoms with Crippen molar-refractivity contribution in [3.8, 4) is 0 Å². The molecule has 3 rings (SSSR count). The molecule has 2 aromatic rings. The molecule has 0 saturated heterocycles. The highest BCUT2D eigenvalue weighted by Crippen LogP contribution is 2.35. The highest BCUT2D eigenvalue weighted by Gasteiger charge is 2.25. The van der Waals surface area contributed by atoms with Gasteiger partial charge in [-0.3, -0.25) is 0 Å². The molecule has 19 heavy (non-hydrogen) atoms. The third-order valence-corrected chi connectivity index (χ3v) is 4.23. The van der Waals surface area contributed by atoms with Gasteiger partial charge in [0.2, 0.25) is 0 Å². The second kappa shape index (κ2) is 4.99. The van der Waals surface area contributed by atoms with E-state index in [1.165, 1.54) is 22.3 Å². The Kier molecular flexibility index (Phi) is 3.34. The Bertz CT molecular complexity index is 606. The van der Waals surface area contributed by atoms with E-state index in [2.05, 4.69) is 49.2 Å². The Labute approximate surface area is 119 Å². The van der Waals surface area contributed by atoms with Gasteiger partial charge in [-0.1, -0.05) is 41.9 Å². The van der Waals surface area contributed by atoms with Crippen LogP contribution >= 0.6 is 11.6 Å². The summed E-state index contributed by atoms with van der Waals surface area (Å²) in [6.45, 7) is 4.29. The fraction of sp³-hybridized carbons (Fsp3) is 0.294. The maximum atomic E-state index is 6.15. The van der Waals surface area contributed by atoms with Crippen LogP contribution in [-0.2, 0) is 6.54 Å². The van der Waals surface area contributed by atoms with Crippen molar-refractivity contribution >= 4 is 11.6 Å². The van der Waals surface area contributed by atoms with E-state index in [0.717, 1.165) is 18.1 Å². The minimum Gasteiger partial charge on any atom is -0.301 e. The molecule has 0 fully saturated rings. The molecule has 98 valence electrons. The molecule has 1 aliphatic rings. The van der Waals surface area contributed by atoms with Gasteiger partial charge in [-0.05, 0) is 48.4 Å². The molecule has 2 aromatic carbocycles. The highest BCUT2D eigenvalue weighted by molar-refractivity contribution is 6.30. The maximum Gasteiger partial charge on any atom is 0.0408 e. The van der Waals surface area contributed by atoms with E-state index in [9.17, 15) is 0 Å². The largest absolute Gasteiger partial charge is 0.301 e. The third-order valence-electron chi connectivity index (χ3n) is 4.00. The summed E-state index contributed by atoms with van der Waals surface area (Å²) in [5.74, 6) is 0.423. The molecule has 0 spiro atoms. The number of aryl methyl sites for hydroxylation is 1. The zero-order chi connectivity index (χ0) is 13.4. The molecular weight excluding hydrogens is 254 g/mol. The molecule has 0 bridgehead atoms. The van der Waals surface area contributed by atoms with E-state index >= 15 is 0 Å². The van der Waals surface area contributed by atoms with E-state index in [-0.39, 0.29) is 0 Å². The van der Waals surface area contributed by atoms with Crippen LogP contribution in [-0.4, -0.2) is 18.5 Å². The van der Waals surface area contributed by atoms with Crippen LogP contribution < -0.4 is 0 Å². The van der Waals surface area contributed by atoms with Gasteiger partial charge < -0.3 is 4.90 Å². The Morgan fingerprint density at radius 3 is 2.74 bits per heavy atom. The number of fused-ring (bicyclic) bond motifs is 1. The standard InChI is InChI=1S/C17H18ClN/c1-12-5-3-8-15-16(12)10-19(2)11-17(15)13-6-4-7-14(18)9-13/h3-9,17H,10-11H2,1-2H3. The van der Waals surface area contributed by atoms with Crippen molar-refractivity contribution in [3.05, 3.63) is 69.7 Å². The lowest BCUT2D eigenvalue weighted by atomic mass is 9.83. The quantitative estimate of drug-likeness (QED) is 0.750.